The third-order valence-corrected chi connectivity index (χ3v) is 4.09. The molecule has 0 spiro atoms. The monoisotopic (exact) mass is 352 g/mol. The first-order chi connectivity index (χ1) is 10.7. The maximum atomic E-state index is 11.8. The Morgan fingerprint density at radius 2 is 1.96 bits per heavy atom. The predicted molar refractivity (Wildman–Crippen MR) is 97.7 cm³/mol. The zero-order valence-electron chi connectivity index (χ0n) is 13.6. The average molecular weight is 353 g/mol. The van der Waals surface area contributed by atoms with Crippen molar-refractivity contribution in [1.82, 2.24) is 0 Å². The molecule has 0 fully saturated rings. The molecule has 2 rings (SSSR count). The van der Waals surface area contributed by atoms with E-state index in [0.29, 0.717) is 5.69 Å². The molecule has 2 N–H and O–H groups in total. The molecule has 1 atom stereocenters. The summed E-state index contributed by atoms with van der Waals surface area (Å²) in [4.78, 5) is 11.8. The molecule has 0 aliphatic rings. The first-order valence-electron chi connectivity index (χ1n) is 7.33. The Labute approximate surface area is 145 Å². The van der Waals surface area contributed by atoms with Crippen LogP contribution in [0.4, 0.5) is 16.2 Å². The van der Waals surface area contributed by atoms with E-state index in [-0.39, 0.29) is 6.04 Å². The van der Waals surface area contributed by atoms with Crippen LogP contribution in [-0.2, 0) is 4.74 Å². The number of hydrogen-bond donors (Lipinski definition) is 2. The maximum absolute atomic E-state index is 11.8. The fourth-order valence-corrected chi connectivity index (χ4v) is 2.98. The van der Waals surface area contributed by atoms with E-state index < -0.39 is 11.7 Å². The number of anilines is 2. The van der Waals surface area contributed by atoms with Crippen molar-refractivity contribution in [3.63, 3.8) is 0 Å². The van der Waals surface area contributed by atoms with Crippen LogP contribution in [0.25, 0.3) is 0 Å². The van der Waals surface area contributed by atoms with Crippen LogP contribution < -0.4 is 10.6 Å². The number of benzene rings is 1. The summed E-state index contributed by atoms with van der Waals surface area (Å²) >= 11 is 7.48. The summed E-state index contributed by atoms with van der Waals surface area (Å²) in [6, 6.07) is 9.59. The molecule has 0 saturated carbocycles. The Hall–Kier alpha value is -1.72. The molecule has 2 aromatic rings. The Morgan fingerprint density at radius 1 is 1.26 bits per heavy atom. The van der Waals surface area contributed by atoms with Gasteiger partial charge >= 0.3 is 6.09 Å². The second kappa shape index (κ2) is 7.23. The fraction of sp³-hybridized carbons (Fsp3) is 0.353. The molecule has 0 aliphatic heterocycles. The van der Waals surface area contributed by atoms with Gasteiger partial charge in [0.2, 0.25) is 0 Å². The van der Waals surface area contributed by atoms with Gasteiger partial charge in [0.1, 0.15) is 5.60 Å². The highest BCUT2D eigenvalue weighted by atomic mass is 35.5. The third kappa shape index (κ3) is 5.77. The normalized spacial score (nSPS) is 12.6. The van der Waals surface area contributed by atoms with Crippen LogP contribution >= 0.6 is 22.9 Å². The topological polar surface area (TPSA) is 50.4 Å². The molecule has 1 aromatic carbocycles. The minimum Gasteiger partial charge on any atom is -0.444 e. The second-order valence-electron chi connectivity index (χ2n) is 6.26. The van der Waals surface area contributed by atoms with Crippen LogP contribution in [-0.4, -0.2) is 11.7 Å². The summed E-state index contributed by atoms with van der Waals surface area (Å²) in [5, 5.41) is 8.16. The van der Waals surface area contributed by atoms with Gasteiger partial charge in [-0.1, -0.05) is 17.7 Å². The van der Waals surface area contributed by atoms with Gasteiger partial charge in [0.05, 0.1) is 4.34 Å². The average Bonchev–Trinajstić information content (AvgIpc) is 2.83. The highest BCUT2D eigenvalue weighted by Crippen LogP contribution is 2.27. The molecule has 6 heteroatoms. The van der Waals surface area contributed by atoms with Gasteiger partial charge in [-0.15, -0.1) is 11.3 Å². The fourth-order valence-electron chi connectivity index (χ4n) is 1.99. The number of amides is 1. The van der Waals surface area contributed by atoms with Gasteiger partial charge in [0, 0.05) is 17.4 Å². The van der Waals surface area contributed by atoms with Crippen LogP contribution in [0.5, 0.6) is 0 Å². The molecule has 23 heavy (non-hydrogen) atoms. The molecule has 124 valence electrons. The van der Waals surface area contributed by atoms with Gasteiger partial charge in [-0.3, -0.25) is 5.32 Å². The van der Waals surface area contributed by atoms with Gasteiger partial charge < -0.3 is 10.1 Å². The summed E-state index contributed by atoms with van der Waals surface area (Å²) < 4.78 is 6.02. The predicted octanol–water partition coefficient (Wildman–Crippen LogP) is 5.92. The van der Waals surface area contributed by atoms with Gasteiger partial charge in [-0.05, 0) is 62.9 Å². The lowest BCUT2D eigenvalue weighted by Gasteiger charge is -2.20. The quantitative estimate of drug-likeness (QED) is 0.717. The summed E-state index contributed by atoms with van der Waals surface area (Å²) in [5.74, 6) is 0. The Morgan fingerprint density at radius 3 is 2.57 bits per heavy atom. The SMILES string of the molecule is CC(Nc1cccc(NC(=O)OC(C)(C)C)c1)c1csc(Cl)c1. The van der Waals surface area contributed by atoms with Crippen LogP contribution in [0, 0.1) is 0 Å². The van der Waals surface area contributed by atoms with E-state index in [9.17, 15) is 4.79 Å². The molecule has 4 nitrogen and oxygen atoms in total. The van der Waals surface area contributed by atoms with Crippen LogP contribution in [0.3, 0.4) is 0 Å². The molecule has 1 unspecified atom stereocenters. The van der Waals surface area contributed by atoms with Crippen molar-refractivity contribution in [3.8, 4) is 0 Å². The van der Waals surface area contributed by atoms with E-state index >= 15 is 0 Å². The van der Waals surface area contributed by atoms with Crippen molar-refractivity contribution in [3.05, 3.63) is 45.6 Å². The van der Waals surface area contributed by atoms with Crippen molar-refractivity contribution in [1.29, 1.82) is 0 Å². The molecule has 0 bridgehead atoms. The van der Waals surface area contributed by atoms with Crippen LogP contribution in [0.1, 0.15) is 39.3 Å². The number of thiophene rings is 1. The summed E-state index contributed by atoms with van der Waals surface area (Å²) in [6.45, 7) is 7.56. The van der Waals surface area contributed by atoms with Crippen molar-refractivity contribution in [2.45, 2.75) is 39.3 Å². The molecule has 1 aromatic heterocycles. The van der Waals surface area contributed by atoms with Crippen molar-refractivity contribution in [2.75, 3.05) is 10.6 Å². The van der Waals surface area contributed by atoms with E-state index in [1.54, 1.807) is 0 Å². The van der Waals surface area contributed by atoms with Crippen molar-refractivity contribution in [2.24, 2.45) is 0 Å². The summed E-state index contributed by atoms with van der Waals surface area (Å²) in [6.07, 6.45) is -0.465. The highest BCUT2D eigenvalue weighted by Gasteiger charge is 2.16. The van der Waals surface area contributed by atoms with Gasteiger partial charge in [-0.2, -0.15) is 0 Å². The number of halogens is 1. The number of ether oxygens (including phenoxy) is 1. The molecule has 0 saturated heterocycles. The first-order valence-corrected chi connectivity index (χ1v) is 8.59. The van der Waals surface area contributed by atoms with Crippen LogP contribution in [0.2, 0.25) is 4.34 Å². The maximum Gasteiger partial charge on any atom is 0.412 e. The number of carbonyl (C=O) groups excluding carboxylic acids is 1. The van der Waals surface area contributed by atoms with Crippen molar-refractivity contribution < 1.29 is 9.53 Å². The van der Waals surface area contributed by atoms with Gasteiger partial charge in [0.15, 0.2) is 0 Å². The number of nitrogens with one attached hydrogen (secondary N) is 2. The van der Waals surface area contributed by atoms with E-state index in [4.69, 9.17) is 16.3 Å². The minimum atomic E-state index is -0.521. The lowest BCUT2D eigenvalue weighted by Crippen LogP contribution is -2.27. The van der Waals surface area contributed by atoms with E-state index in [0.717, 1.165) is 15.6 Å². The Bertz CT molecular complexity index is 679. The van der Waals surface area contributed by atoms with Gasteiger partial charge in [-0.25, -0.2) is 4.79 Å². The Kier molecular flexibility index (Phi) is 5.55. The smallest absolute Gasteiger partial charge is 0.412 e. The van der Waals surface area contributed by atoms with Crippen molar-refractivity contribution >= 4 is 40.4 Å². The first kappa shape index (κ1) is 17.6. The molecular formula is C17H21ClN2O2S. The molecular weight excluding hydrogens is 332 g/mol. The van der Waals surface area contributed by atoms with E-state index in [1.165, 1.54) is 11.3 Å². The molecule has 0 aliphatic carbocycles. The zero-order chi connectivity index (χ0) is 17.0. The number of carbonyl (C=O) groups is 1. The zero-order valence-corrected chi connectivity index (χ0v) is 15.2. The lowest BCUT2D eigenvalue weighted by atomic mass is 10.1. The lowest BCUT2D eigenvalue weighted by molar-refractivity contribution is 0.0636. The van der Waals surface area contributed by atoms with Crippen LogP contribution in [0.15, 0.2) is 35.7 Å². The standard InChI is InChI=1S/C17H21ClN2O2S/c1-11(12-8-15(18)23-10-12)19-13-6-5-7-14(9-13)20-16(21)22-17(2,3)4/h5-11,19H,1-4H3,(H,20,21). The minimum absolute atomic E-state index is 0.121. The molecule has 1 heterocycles. The molecule has 0 radical (unpaired) electrons. The highest BCUT2D eigenvalue weighted by molar-refractivity contribution is 7.14. The second-order valence-corrected chi connectivity index (χ2v) is 7.80. The largest absolute Gasteiger partial charge is 0.444 e. The summed E-state index contributed by atoms with van der Waals surface area (Å²) in [7, 11) is 0. The number of hydrogen-bond acceptors (Lipinski definition) is 4. The van der Waals surface area contributed by atoms with E-state index in [2.05, 4.69) is 17.6 Å². The summed E-state index contributed by atoms with van der Waals surface area (Å²) in [5.41, 5.74) is 2.20. The van der Waals surface area contributed by atoms with E-state index in [1.807, 2.05) is 56.5 Å². The molecule has 1 amide bonds. The number of rotatable bonds is 4. The third-order valence-electron chi connectivity index (χ3n) is 2.98. The Balaban J connectivity index is 2.01. The van der Waals surface area contributed by atoms with Gasteiger partial charge in [0.25, 0.3) is 0 Å².